The Morgan fingerprint density at radius 1 is 1.19 bits per heavy atom. The number of hydrogen-bond donors (Lipinski definition) is 1. The second-order valence-corrected chi connectivity index (χ2v) is 5.17. The van der Waals surface area contributed by atoms with Crippen LogP contribution in [0.2, 0.25) is 0 Å². The van der Waals surface area contributed by atoms with Crippen LogP contribution in [0.4, 0.5) is 0 Å². The first-order chi connectivity index (χ1) is 10.2. The molecule has 1 aromatic carbocycles. The number of hydrogen-bond acceptors (Lipinski definition) is 3. The maximum Gasteiger partial charge on any atom is 0.137 e. The Bertz CT molecular complexity index is 596. The van der Waals surface area contributed by atoms with E-state index >= 15 is 0 Å². The Kier molecular flexibility index (Phi) is 5.34. The topological polar surface area (TPSA) is 34.2 Å². The van der Waals surface area contributed by atoms with Gasteiger partial charge < -0.3 is 10.1 Å². The predicted octanol–water partition coefficient (Wildman–Crippen LogP) is 3.80. The van der Waals surface area contributed by atoms with Gasteiger partial charge in [-0.1, -0.05) is 25.1 Å². The van der Waals surface area contributed by atoms with Crippen LogP contribution in [0.3, 0.4) is 0 Å². The average Bonchev–Trinajstić information content (AvgIpc) is 2.49. The van der Waals surface area contributed by atoms with Crippen molar-refractivity contribution in [3.05, 3.63) is 58.9 Å². The zero-order chi connectivity index (χ0) is 15.2. The van der Waals surface area contributed by atoms with E-state index < -0.39 is 0 Å². The number of benzene rings is 1. The molecule has 0 bridgehead atoms. The number of rotatable bonds is 6. The molecule has 0 spiro atoms. The van der Waals surface area contributed by atoms with E-state index in [9.17, 15) is 0 Å². The van der Waals surface area contributed by atoms with Crippen molar-refractivity contribution in [1.82, 2.24) is 10.3 Å². The lowest BCUT2D eigenvalue weighted by Gasteiger charge is -2.22. The molecule has 112 valence electrons. The molecule has 0 fully saturated rings. The van der Waals surface area contributed by atoms with E-state index in [0.717, 1.165) is 17.9 Å². The van der Waals surface area contributed by atoms with Crippen LogP contribution in [0.1, 0.15) is 42.1 Å². The molecule has 21 heavy (non-hydrogen) atoms. The van der Waals surface area contributed by atoms with Crippen LogP contribution < -0.4 is 10.1 Å². The first-order valence-electron chi connectivity index (χ1n) is 7.54. The highest BCUT2D eigenvalue weighted by molar-refractivity contribution is 5.41. The van der Waals surface area contributed by atoms with Crippen molar-refractivity contribution in [1.29, 1.82) is 0 Å². The zero-order valence-electron chi connectivity index (χ0n) is 13.3. The summed E-state index contributed by atoms with van der Waals surface area (Å²) in [6.07, 6.45) is 3.68. The van der Waals surface area contributed by atoms with Gasteiger partial charge in [0.05, 0.1) is 18.8 Å². The Morgan fingerprint density at radius 3 is 2.71 bits per heavy atom. The normalized spacial score (nSPS) is 12.2. The van der Waals surface area contributed by atoms with Gasteiger partial charge in [0.25, 0.3) is 0 Å². The number of aromatic nitrogens is 1. The van der Waals surface area contributed by atoms with Gasteiger partial charge in [-0.25, -0.2) is 0 Å². The summed E-state index contributed by atoms with van der Waals surface area (Å²) in [5.74, 6) is 0.822. The Hall–Kier alpha value is -1.87. The third kappa shape index (κ3) is 3.61. The van der Waals surface area contributed by atoms with Crippen LogP contribution in [-0.4, -0.2) is 18.1 Å². The molecule has 1 N–H and O–H groups in total. The lowest BCUT2D eigenvalue weighted by Crippen LogP contribution is -2.23. The molecule has 1 atom stereocenters. The number of aryl methyl sites for hydroxylation is 1. The van der Waals surface area contributed by atoms with E-state index in [-0.39, 0.29) is 6.04 Å². The van der Waals surface area contributed by atoms with Gasteiger partial charge in [-0.3, -0.25) is 4.98 Å². The SMILES string of the molecule is CCNC(c1cncc(OCC)c1)c1cccc(C)c1C. The highest BCUT2D eigenvalue weighted by Gasteiger charge is 2.16. The van der Waals surface area contributed by atoms with Gasteiger partial charge in [0.1, 0.15) is 5.75 Å². The Labute approximate surface area is 127 Å². The quantitative estimate of drug-likeness (QED) is 0.876. The van der Waals surface area contributed by atoms with Gasteiger partial charge >= 0.3 is 0 Å². The maximum absolute atomic E-state index is 5.57. The summed E-state index contributed by atoms with van der Waals surface area (Å²) in [4.78, 5) is 4.32. The smallest absolute Gasteiger partial charge is 0.137 e. The molecule has 1 aromatic heterocycles. The minimum absolute atomic E-state index is 0.141. The summed E-state index contributed by atoms with van der Waals surface area (Å²) < 4.78 is 5.57. The summed E-state index contributed by atoms with van der Waals surface area (Å²) in [6, 6.07) is 8.66. The lowest BCUT2D eigenvalue weighted by molar-refractivity contribution is 0.338. The van der Waals surface area contributed by atoms with Crippen LogP contribution in [0.15, 0.2) is 36.7 Å². The monoisotopic (exact) mass is 284 g/mol. The third-order valence-corrected chi connectivity index (χ3v) is 3.74. The lowest BCUT2D eigenvalue weighted by atomic mass is 9.93. The van der Waals surface area contributed by atoms with Gasteiger partial charge in [-0.2, -0.15) is 0 Å². The van der Waals surface area contributed by atoms with E-state index in [4.69, 9.17) is 4.74 Å². The number of pyridine rings is 1. The highest BCUT2D eigenvalue weighted by atomic mass is 16.5. The van der Waals surface area contributed by atoms with Gasteiger partial charge in [-0.15, -0.1) is 0 Å². The average molecular weight is 284 g/mol. The van der Waals surface area contributed by atoms with E-state index in [0.29, 0.717) is 6.61 Å². The molecule has 1 unspecified atom stereocenters. The molecular formula is C18H24N2O. The fourth-order valence-electron chi connectivity index (χ4n) is 2.54. The molecule has 3 heteroatoms. The first kappa shape index (κ1) is 15.5. The summed E-state index contributed by atoms with van der Waals surface area (Å²) in [5, 5.41) is 3.56. The molecule has 0 radical (unpaired) electrons. The van der Waals surface area contributed by atoms with E-state index in [1.807, 2.05) is 13.1 Å². The molecule has 0 amide bonds. The second-order valence-electron chi connectivity index (χ2n) is 5.17. The minimum atomic E-state index is 0.141. The van der Waals surface area contributed by atoms with Crippen molar-refractivity contribution in [2.45, 2.75) is 33.7 Å². The highest BCUT2D eigenvalue weighted by Crippen LogP contribution is 2.28. The van der Waals surface area contributed by atoms with Crippen LogP contribution in [-0.2, 0) is 0 Å². The largest absolute Gasteiger partial charge is 0.492 e. The Balaban J connectivity index is 2.43. The van der Waals surface area contributed by atoms with Gasteiger partial charge in [0.2, 0.25) is 0 Å². The molecule has 0 aliphatic rings. The van der Waals surface area contributed by atoms with Crippen molar-refractivity contribution in [3.63, 3.8) is 0 Å². The molecule has 1 heterocycles. The zero-order valence-corrected chi connectivity index (χ0v) is 13.3. The van der Waals surface area contributed by atoms with Gasteiger partial charge in [0.15, 0.2) is 0 Å². The van der Waals surface area contributed by atoms with Crippen LogP contribution >= 0.6 is 0 Å². The van der Waals surface area contributed by atoms with Crippen LogP contribution in [0, 0.1) is 13.8 Å². The van der Waals surface area contributed by atoms with Crippen molar-refractivity contribution in [2.75, 3.05) is 13.2 Å². The van der Waals surface area contributed by atoms with Crippen molar-refractivity contribution < 1.29 is 4.74 Å². The molecule has 0 saturated carbocycles. The standard InChI is InChI=1S/C18H24N2O/c1-5-20-18(17-9-7-8-13(3)14(17)4)15-10-16(21-6-2)12-19-11-15/h7-12,18,20H,5-6H2,1-4H3. The summed E-state index contributed by atoms with van der Waals surface area (Å²) in [5.41, 5.74) is 5.07. The summed E-state index contributed by atoms with van der Waals surface area (Å²) >= 11 is 0. The van der Waals surface area contributed by atoms with Gasteiger partial charge in [-0.05, 0) is 55.6 Å². The minimum Gasteiger partial charge on any atom is -0.492 e. The maximum atomic E-state index is 5.57. The molecule has 0 saturated heterocycles. The van der Waals surface area contributed by atoms with E-state index in [2.05, 4.69) is 55.3 Å². The van der Waals surface area contributed by atoms with Crippen molar-refractivity contribution in [3.8, 4) is 5.75 Å². The fourth-order valence-corrected chi connectivity index (χ4v) is 2.54. The summed E-state index contributed by atoms with van der Waals surface area (Å²) in [7, 11) is 0. The van der Waals surface area contributed by atoms with Gasteiger partial charge in [0, 0.05) is 6.20 Å². The summed E-state index contributed by atoms with van der Waals surface area (Å²) in [6.45, 7) is 9.99. The number of ether oxygens (including phenoxy) is 1. The number of nitrogens with one attached hydrogen (secondary N) is 1. The predicted molar refractivity (Wildman–Crippen MR) is 86.8 cm³/mol. The van der Waals surface area contributed by atoms with E-state index in [1.165, 1.54) is 16.7 Å². The van der Waals surface area contributed by atoms with E-state index in [1.54, 1.807) is 6.20 Å². The molecule has 0 aliphatic heterocycles. The molecular weight excluding hydrogens is 260 g/mol. The first-order valence-corrected chi connectivity index (χ1v) is 7.54. The van der Waals surface area contributed by atoms with Crippen LogP contribution in [0.5, 0.6) is 5.75 Å². The molecule has 2 aromatic rings. The molecule has 0 aliphatic carbocycles. The molecule has 3 nitrogen and oxygen atoms in total. The number of nitrogens with zero attached hydrogens (tertiary/aromatic N) is 1. The molecule has 2 rings (SSSR count). The van der Waals surface area contributed by atoms with Crippen LogP contribution in [0.25, 0.3) is 0 Å². The third-order valence-electron chi connectivity index (χ3n) is 3.74. The van der Waals surface area contributed by atoms with Crippen molar-refractivity contribution in [2.24, 2.45) is 0 Å². The Morgan fingerprint density at radius 2 is 2.00 bits per heavy atom. The fraction of sp³-hybridized carbons (Fsp3) is 0.389. The van der Waals surface area contributed by atoms with Crippen molar-refractivity contribution >= 4 is 0 Å². The second kappa shape index (κ2) is 7.23.